The third-order valence-corrected chi connectivity index (χ3v) is 3.46. The zero-order valence-electron chi connectivity index (χ0n) is 13.4. The summed E-state index contributed by atoms with van der Waals surface area (Å²) in [4.78, 5) is 7.40. The highest BCUT2D eigenvalue weighted by Gasteiger charge is 2.32. The van der Waals surface area contributed by atoms with Crippen LogP contribution in [0.15, 0.2) is 12.3 Å². The van der Waals surface area contributed by atoms with Crippen molar-refractivity contribution in [3.63, 3.8) is 0 Å². The SMILES string of the molecule is C=C(C)N1CC(N2CCN(C)CC2)C1.CC.CC. The first-order valence-corrected chi connectivity index (χ1v) is 7.50. The molecule has 0 amide bonds. The molecule has 0 aromatic carbocycles. The molecule has 108 valence electrons. The van der Waals surface area contributed by atoms with E-state index in [-0.39, 0.29) is 0 Å². The molecule has 2 heterocycles. The highest BCUT2D eigenvalue weighted by atomic mass is 15.3. The zero-order chi connectivity index (χ0) is 14.1. The Kier molecular flexibility index (Phi) is 9.12. The van der Waals surface area contributed by atoms with Crippen LogP contribution >= 0.6 is 0 Å². The number of nitrogens with zero attached hydrogens (tertiary/aromatic N) is 3. The third kappa shape index (κ3) is 4.99. The largest absolute Gasteiger partial charge is 0.372 e. The van der Waals surface area contributed by atoms with E-state index in [0.717, 1.165) is 6.04 Å². The van der Waals surface area contributed by atoms with Gasteiger partial charge in [-0.25, -0.2) is 0 Å². The summed E-state index contributed by atoms with van der Waals surface area (Å²) >= 11 is 0. The van der Waals surface area contributed by atoms with Gasteiger partial charge in [-0.2, -0.15) is 0 Å². The maximum atomic E-state index is 3.97. The van der Waals surface area contributed by atoms with E-state index in [4.69, 9.17) is 0 Å². The molecule has 0 unspecified atom stereocenters. The predicted molar refractivity (Wildman–Crippen MR) is 81.9 cm³/mol. The van der Waals surface area contributed by atoms with E-state index in [1.54, 1.807) is 0 Å². The molecule has 2 rings (SSSR count). The Morgan fingerprint density at radius 1 is 0.944 bits per heavy atom. The highest BCUT2D eigenvalue weighted by molar-refractivity contribution is 5.01. The lowest BCUT2D eigenvalue weighted by molar-refractivity contribution is 0.0275. The Hall–Kier alpha value is -0.540. The van der Waals surface area contributed by atoms with E-state index in [2.05, 4.69) is 35.3 Å². The number of likely N-dealkylation sites (tertiary alicyclic amines) is 1. The first-order valence-electron chi connectivity index (χ1n) is 7.50. The van der Waals surface area contributed by atoms with Crippen molar-refractivity contribution in [3.05, 3.63) is 12.3 Å². The highest BCUT2D eigenvalue weighted by Crippen LogP contribution is 2.19. The van der Waals surface area contributed by atoms with Gasteiger partial charge in [-0.1, -0.05) is 34.3 Å². The molecule has 2 aliphatic heterocycles. The minimum absolute atomic E-state index is 0.792. The van der Waals surface area contributed by atoms with Gasteiger partial charge < -0.3 is 9.80 Å². The minimum Gasteiger partial charge on any atom is -0.372 e. The fourth-order valence-corrected chi connectivity index (χ4v) is 2.19. The van der Waals surface area contributed by atoms with Crippen molar-refractivity contribution < 1.29 is 0 Å². The number of hydrogen-bond donors (Lipinski definition) is 0. The molecule has 2 saturated heterocycles. The lowest BCUT2D eigenvalue weighted by Crippen LogP contribution is -2.61. The monoisotopic (exact) mass is 255 g/mol. The van der Waals surface area contributed by atoms with Crippen LogP contribution in [0.1, 0.15) is 34.6 Å². The van der Waals surface area contributed by atoms with Crippen molar-refractivity contribution in [1.29, 1.82) is 0 Å². The summed E-state index contributed by atoms with van der Waals surface area (Å²) in [6.07, 6.45) is 0. The van der Waals surface area contributed by atoms with Gasteiger partial charge in [-0.15, -0.1) is 0 Å². The average Bonchev–Trinajstić information content (AvgIpc) is 2.34. The summed E-state index contributed by atoms with van der Waals surface area (Å²) in [5.74, 6) is 0. The summed E-state index contributed by atoms with van der Waals surface area (Å²) in [5.41, 5.74) is 1.22. The lowest BCUT2D eigenvalue weighted by atomic mass is 10.1. The van der Waals surface area contributed by atoms with Crippen LogP contribution < -0.4 is 0 Å². The molecule has 2 fully saturated rings. The van der Waals surface area contributed by atoms with Crippen LogP contribution in [0.25, 0.3) is 0 Å². The van der Waals surface area contributed by atoms with Crippen LogP contribution in [0, 0.1) is 0 Å². The van der Waals surface area contributed by atoms with Crippen LogP contribution in [0.5, 0.6) is 0 Å². The molecule has 2 aliphatic rings. The lowest BCUT2D eigenvalue weighted by Gasteiger charge is -2.49. The van der Waals surface area contributed by atoms with Crippen LogP contribution in [-0.4, -0.2) is 67.1 Å². The van der Waals surface area contributed by atoms with Gasteiger partial charge in [0.1, 0.15) is 0 Å². The standard InChI is InChI=1S/C11H21N3.2C2H6/c1-10(2)14-8-11(9-14)13-6-4-12(3)5-7-13;2*1-2/h11H,1,4-9H2,2-3H3;2*1-2H3. The van der Waals surface area contributed by atoms with Crippen LogP contribution in [-0.2, 0) is 0 Å². The zero-order valence-corrected chi connectivity index (χ0v) is 13.4. The Bertz CT molecular complexity index is 214. The predicted octanol–water partition coefficient (Wildman–Crippen LogP) is 2.50. The molecule has 0 radical (unpaired) electrons. The molecule has 0 spiro atoms. The van der Waals surface area contributed by atoms with Crippen LogP contribution in [0.2, 0.25) is 0 Å². The first-order chi connectivity index (χ1) is 8.66. The van der Waals surface area contributed by atoms with Gasteiger partial charge in [0, 0.05) is 51.0 Å². The van der Waals surface area contributed by atoms with E-state index < -0.39 is 0 Å². The molecule has 0 atom stereocenters. The number of likely N-dealkylation sites (N-methyl/N-ethyl adjacent to an activating group) is 1. The molecule has 0 saturated carbocycles. The maximum Gasteiger partial charge on any atom is 0.0447 e. The smallest absolute Gasteiger partial charge is 0.0447 e. The number of allylic oxidation sites excluding steroid dienone is 1. The first kappa shape index (κ1) is 17.5. The number of hydrogen-bond acceptors (Lipinski definition) is 3. The van der Waals surface area contributed by atoms with Gasteiger partial charge >= 0.3 is 0 Å². The van der Waals surface area contributed by atoms with Gasteiger partial charge in [0.25, 0.3) is 0 Å². The molecule has 3 nitrogen and oxygen atoms in total. The topological polar surface area (TPSA) is 9.72 Å². The molecular formula is C15H33N3. The third-order valence-electron chi connectivity index (χ3n) is 3.46. The molecule has 18 heavy (non-hydrogen) atoms. The van der Waals surface area contributed by atoms with E-state index >= 15 is 0 Å². The van der Waals surface area contributed by atoms with Crippen molar-refractivity contribution in [3.8, 4) is 0 Å². The van der Waals surface area contributed by atoms with Crippen LogP contribution in [0.4, 0.5) is 0 Å². The second kappa shape index (κ2) is 9.40. The summed E-state index contributed by atoms with van der Waals surface area (Å²) in [5, 5.41) is 0. The Labute approximate surface area is 114 Å². The Morgan fingerprint density at radius 3 is 1.78 bits per heavy atom. The van der Waals surface area contributed by atoms with Gasteiger partial charge in [-0.05, 0) is 14.0 Å². The van der Waals surface area contributed by atoms with Crippen molar-refractivity contribution in [2.24, 2.45) is 0 Å². The van der Waals surface area contributed by atoms with E-state index in [9.17, 15) is 0 Å². The molecule has 0 bridgehead atoms. The molecule has 0 aromatic rings. The molecular weight excluding hydrogens is 222 g/mol. The molecule has 0 aromatic heterocycles. The second-order valence-corrected chi connectivity index (χ2v) is 4.63. The molecule has 3 heteroatoms. The normalized spacial score (nSPS) is 21.1. The average molecular weight is 255 g/mol. The summed E-state index contributed by atoms with van der Waals surface area (Å²) in [6.45, 7) is 21.4. The van der Waals surface area contributed by atoms with Crippen LogP contribution in [0.3, 0.4) is 0 Å². The number of piperazine rings is 1. The van der Waals surface area contributed by atoms with Crippen molar-refractivity contribution in [2.45, 2.75) is 40.7 Å². The molecule has 0 aliphatic carbocycles. The van der Waals surface area contributed by atoms with Gasteiger partial charge in [-0.3, -0.25) is 4.90 Å². The van der Waals surface area contributed by atoms with Gasteiger partial charge in [0.15, 0.2) is 0 Å². The van der Waals surface area contributed by atoms with E-state index in [1.165, 1.54) is 45.0 Å². The summed E-state index contributed by atoms with van der Waals surface area (Å²) < 4.78 is 0. The summed E-state index contributed by atoms with van der Waals surface area (Å²) in [6, 6.07) is 0.792. The van der Waals surface area contributed by atoms with E-state index in [1.807, 2.05) is 27.7 Å². The molecule has 0 N–H and O–H groups in total. The second-order valence-electron chi connectivity index (χ2n) is 4.63. The van der Waals surface area contributed by atoms with Crippen molar-refractivity contribution >= 4 is 0 Å². The number of rotatable bonds is 2. The van der Waals surface area contributed by atoms with Gasteiger partial charge in [0.05, 0.1) is 0 Å². The maximum absolute atomic E-state index is 3.97. The van der Waals surface area contributed by atoms with Crippen molar-refractivity contribution in [1.82, 2.24) is 14.7 Å². The van der Waals surface area contributed by atoms with Crippen molar-refractivity contribution in [2.75, 3.05) is 46.3 Å². The fourth-order valence-electron chi connectivity index (χ4n) is 2.19. The minimum atomic E-state index is 0.792. The quantitative estimate of drug-likeness (QED) is 0.751. The van der Waals surface area contributed by atoms with E-state index in [0.29, 0.717) is 0 Å². The Morgan fingerprint density at radius 2 is 1.39 bits per heavy atom. The summed E-state index contributed by atoms with van der Waals surface area (Å²) in [7, 11) is 2.21. The Balaban J connectivity index is 0.000000659. The van der Waals surface area contributed by atoms with Gasteiger partial charge in [0.2, 0.25) is 0 Å². The fraction of sp³-hybridized carbons (Fsp3) is 0.867.